The normalized spacial score (nSPS) is 32.8. The molecule has 8 rings (SSSR count). The fourth-order valence-corrected chi connectivity index (χ4v) is 16.6. The summed E-state index contributed by atoms with van der Waals surface area (Å²) < 4.78 is 32.3. The summed E-state index contributed by atoms with van der Waals surface area (Å²) in [5.74, 6) is -7.18. The number of aliphatic imine (C=N–C) groups is 3. The van der Waals surface area contributed by atoms with E-state index in [1.165, 1.54) is 13.3 Å². The van der Waals surface area contributed by atoms with Gasteiger partial charge in [0.15, 0.2) is 6.23 Å². The van der Waals surface area contributed by atoms with Crippen molar-refractivity contribution in [2.24, 2.45) is 94.7 Å². The number of nitrogens with one attached hydrogen (secondary N) is 2. The number of amides is 7. The zero-order chi connectivity index (χ0) is 66.7. The predicted molar refractivity (Wildman–Crippen MR) is 334 cm³/mol. The van der Waals surface area contributed by atoms with Gasteiger partial charge in [-0.2, -0.15) is 0 Å². The Balaban J connectivity index is 1.19. The van der Waals surface area contributed by atoms with Crippen LogP contribution >= 0.6 is 7.82 Å². The molecule has 1 aromatic heterocycles. The molecule has 0 spiro atoms. The highest BCUT2D eigenvalue weighted by Crippen LogP contribution is 2.63. The lowest BCUT2D eigenvalue weighted by molar-refractivity contribution is -0.124. The lowest BCUT2D eigenvalue weighted by atomic mass is 9.55. The molecule has 28 heteroatoms. The molecule has 15 atom stereocenters. The molecule has 7 amide bonds. The maximum atomic E-state index is 14.4. The Hall–Kier alpha value is -7.00. The first-order valence-electron chi connectivity index (χ1n) is 30.6. The first kappa shape index (κ1) is 68.9. The molecule has 90 heavy (non-hydrogen) atoms. The van der Waals surface area contributed by atoms with E-state index in [0.717, 1.165) is 11.1 Å². The van der Waals surface area contributed by atoms with Crippen molar-refractivity contribution in [1.82, 2.24) is 20.2 Å². The van der Waals surface area contributed by atoms with E-state index >= 15 is 0 Å². The number of aliphatic hydroxyl groups excluding tert-OH is 2. The molecule has 27 nitrogen and oxygen atoms in total. The number of aromatic nitrogens is 2. The minimum absolute atomic E-state index is 0.0114. The Labute approximate surface area is 523 Å². The van der Waals surface area contributed by atoms with Gasteiger partial charge in [0.05, 0.1) is 41.7 Å². The van der Waals surface area contributed by atoms with Crippen LogP contribution in [0.3, 0.4) is 0 Å². The highest BCUT2D eigenvalue weighted by molar-refractivity contribution is 7.47. The van der Waals surface area contributed by atoms with Crippen LogP contribution in [0.4, 0.5) is 0 Å². The van der Waals surface area contributed by atoms with Gasteiger partial charge in [-0.1, -0.05) is 34.6 Å². The van der Waals surface area contributed by atoms with Crippen molar-refractivity contribution in [3.8, 4) is 0 Å². The SMILES string of the molecule is CC1=C2N=C(C=C3N/C(=C(/C)C4=N[C@@](C)(C5N=C1[C@](C)(CCC(=O)NC[C@@H](C)OP(=O)(O)OC1[C@@H](O)[C@@H](n6cnc7cc(C)c(C)cc76)O[C@@H]1CO)[C@H]5CC(N)=O)[C@@](C)(CC(N)=O)[C@@H]4CCC(N)=O)[C@@](C)(CC(N)=O)[C@@H]3CCC(N)=O)C(C)(C)[C@@H]2CCC(N)=O. The average molecular weight is 1270 g/mol. The molecule has 2 saturated heterocycles. The number of carbonyl (C=O) groups is 7. The number of ether oxygens (including phenoxy) is 1. The fourth-order valence-electron chi connectivity index (χ4n) is 15.4. The quantitative estimate of drug-likeness (QED) is 0.0603. The van der Waals surface area contributed by atoms with E-state index in [4.69, 9.17) is 63.2 Å². The number of phosphoric ester groups is 1. The van der Waals surface area contributed by atoms with Crippen LogP contribution in [0.15, 0.2) is 67.8 Å². The van der Waals surface area contributed by atoms with Crippen LogP contribution in [0.1, 0.15) is 150 Å². The summed E-state index contributed by atoms with van der Waals surface area (Å²) in [5.41, 5.74) is 37.4. The molecule has 2 aromatic rings. The zero-order valence-corrected chi connectivity index (χ0v) is 54.1. The number of aryl methyl sites for hydroxylation is 2. The van der Waals surface area contributed by atoms with Gasteiger partial charge in [0.25, 0.3) is 0 Å². The van der Waals surface area contributed by atoms with Crippen LogP contribution in [0, 0.1) is 59.2 Å². The number of aliphatic hydroxyl groups is 2. The largest absolute Gasteiger partial charge is 0.472 e. The van der Waals surface area contributed by atoms with Gasteiger partial charge in [0.1, 0.15) is 18.3 Å². The molecule has 0 radical (unpaired) electrons. The monoisotopic (exact) mass is 1270 g/mol. The number of imidazole rings is 1. The Morgan fingerprint density at radius 3 is 1.99 bits per heavy atom. The van der Waals surface area contributed by atoms with E-state index in [1.54, 1.807) is 4.57 Å². The number of hydrogen-bond donors (Lipinski definition) is 11. The van der Waals surface area contributed by atoms with Crippen molar-refractivity contribution in [2.45, 2.75) is 189 Å². The highest BCUT2D eigenvalue weighted by atomic mass is 31.2. The zero-order valence-electron chi connectivity index (χ0n) is 53.3. The number of carbonyl (C=O) groups excluding carboxylic acids is 7. The van der Waals surface area contributed by atoms with Crippen LogP contribution in [0.5, 0.6) is 0 Å². The molecule has 1 aromatic carbocycles. The van der Waals surface area contributed by atoms with E-state index in [2.05, 4.69) is 15.6 Å². The predicted octanol–water partition coefficient (Wildman–Crippen LogP) is 3.16. The molecule has 2 fully saturated rings. The third-order valence-electron chi connectivity index (χ3n) is 20.6. The summed E-state index contributed by atoms with van der Waals surface area (Å²) in [6, 6.07) is 2.70. The standard InChI is InChI=1S/C62H90N13O14P/c1-29-20-39-40(21-30(29)2)75(28-70-39)57-52(84)53(41(27-76)87-57)89-90(85,86)88-31(3)26-69-49(83)18-19-59(8)37(22-46(66)80)56-62(11)61(10,25-48(68)82)36(14-17-45(65)79)51(74-62)33(5)55-60(9,24-47(67)81)34(12-15-43(63)77)38(71-55)23-42-58(6,7)35(13-16-44(64)78)50(72-42)32(4)54(59)73-56/h20-21,23,28,31,34-37,41,52-53,56-57,71,76,84H,12-19,22,24-27H2,1-11H3,(H2,63,77)(H2,64,78)(H2,65,79)(H2,66,80)(H2,67,81)(H2,68,82)(H,69,83)(H,85,86)/b38-23?,50-32?,55-33-/t31-,34-,35-,36-,37+,41-,52-,53?,56?,57+,59-,60+,61+,62+/m1/s1. The summed E-state index contributed by atoms with van der Waals surface area (Å²) in [6.07, 6.45) is -4.26. The van der Waals surface area contributed by atoms with Gasteiger partial charge in [-0.15, -0.1) is 0 Å². The smallest absolute Gasteiger partial charge is 0.394 e. The fraction of sp³-hybridized carbons (Fsp3) is 0.629. The molecule has 0 saturated carbocycles. The third kappa shape index (κ3) is 13.0. The Kier molecular flexibility index (Phi) is 19.6. The van der Waals surface area contributed by atoms with Crippen LogP contribution in [-0.2, 0) is 51.9 Å². The van der Waals surface area contributed by atoms with Gasteiger partial charge in [-0.25, -0.2) is 9.55 Å². The van der Waals surface area contributed by atoms with E-state index in [9.17, 15) is 53.2 Å². The van der Waals surface area contributed by atoms with Crippen LogP contribution in [-0.4, -0.2) is 132 Å². The molecular formula is C62H90N13O14P. The molecule has 492 valence electrons. The van der Waals surface area contributed by atoms with Crippen molar-refractivity contribution in [3.63, 3.8) is 0 Å². The average Bonchev–Trinajstić information content (AvgIpc) is 1.53. The first-order chi connectivity index (χ1) is 41.8. The summed E-state index contributed by atoms with van der Waals surface area (Å²) in [7, 11) is -5.07. The van der Waals surface area contributed by atoms with Crippen LogP contribution < -0.4 is 45.0 Å². The summed E-state index contributed by atoms with van der Waals surface area (Å²) >= 11 is 0. The van der Waals surface area contributed by atoms with Gasteiger partial charge in [0.2, 0.25) is 41.4 Å². The highest BCUT2D eigenvalue weighted by Gasteiger charge is 2.66. The van der Waals surface area contributed by atoms with Crippen molar-refractivity contribution in [1.29, 1.82) is 0 Å². The molecule has 3 unspecified atom stereocenters. The second kappa shape index (κ2) is 25.6. The Morgan fingerprint density at radius 1 is 0.800 bits per heavy atom. The Morgan fingerprint density at radius 2 is 1.40 bits per heavy atom. The van der Waals surface area contributed by atoms with Gasteiger partial charge in [-0.05, 0) is 108 Å². The minimum atomic E-state index is -5.07. The van der Waals surface area contributed by atoms with E-state index < -0.39 is 143 Å². The molecular weight excluding hydrogens is 1180 g/mol. The molecule has 8 bridgehead atoms. The Bertz CT molecular complexity index is 3540. The molecule has 6 aliphatic rings. The van der Waals surface area contributed by atoms with Crippen molar-refractivity contribution >= 4 is 77.3 Å². The summed E-state index contributed by atoms with van der Waals surface area (Å²) in [4.78, 5) is 126. The number of nitrogens with two attached hydrogens (primary N) is 6. The second-order valence-corrected chi connectivity index (χ2v) is 28.4. The van der Waals surface area contributed by atoms with E-state index in [-0.39, 0.29) is 77.2 Å². The van der Waals surface area contributed by atoms with Gasteiger partial charge < -0.3 is 69.4 Å². The van der Waals surface area contributed by atoms with Crippen LogP contribution in [0.2, 0.25) is 0 Å². The molecule has 6 aliphatic heterocycles. The third-order valence-corrected chi connectivity index (χ3v) is 21.7. The van der Waals surface area contributed by atoms with Crippen molar-refractivity contribution in [2.75, 3.05) is 13.2 Å². The van der Waals surface area contributed by atoms with Gasteiger partial charge >= 0.3 is 7.82 Å². The number of phosphoric acid groups is 1. The lowest BCUT2D eigenvalue weighted by Crippen LogP contribution is -2.56. The lowest BCUT2D eigenvalue weighted by Gasteiger charge is -2.48. The van der Waals surface area contributed by atoms with E-state index in [1.807, 2.05) is 87.4 Å². The minimum Gasteiger partial charge on any atom is -0.394 e. The maximum Gasteiger partial charge on any atom is 0.472 e. The molecule has 7 heterocycles. The molecule has 0 aliphatic carbocycles. The topological polar surface area (TPSA) is 460 Å². The summed E-state index contributed by atoms with van der Waals surface area (Å²) in [5, 5.41) is 28.2. The number of rotatable bonds is 26. The van der Waals surface area contributed by atoms with Gasteiger partial charge in [-0.3, -0.25) is 57.6 Å². The number of hydrogen-bond acceptors (Lipinski definition) is 18. The maximum absolute atomic E-state index is 14.4. The number of primary amides is 6. The van der Waals surface area contributed by atoms with Crippen molar-refractivity contribution < 1.29 is 67.0 Å². The van der Waals surface area contributed by atoms with Gasteiger partial charge in [0, 0.05) is 131 Å². The number of allylic oxidation sites excluding steroid dienone is 6. The van der Waals surface area contributed by atoms with Crippen molar-refractivity contribution in [3.05, 3.63) is 63.9 Å². The first-order valence-corrected chi connectivity index (χ1v) is 32.1. The number of benzene rings is 1. The summed E-state index contributed by atoms with van der Waals surface area (Å²) in [6.45, 7) is 19.3. The van der Waals surface area contributed by atoms with E-state index in [0.29, 0.717) is 56.4 Å². The number of fused-ring (bicyclic) bond motifs is 7. The molecule has 17 N–H and O–H groups in total. The number of nitrogens with zero attached hydrogens (tertiary/aromatic N) is 5. The second-order valence-electron chi connectivity index (χ2n) is 27.1. The van der Waals surface area contributed by atoms with Crippen LogP contribution in [0.25, 0.3) is 11.0 Å².